The third kappa shape index (κ3) is 5.11. The Kier molecular flexibility index (Phi) is 6.71. The zero-order valence-corrected chi connectivity index (χ0v) is 13.9. The summed E-state index contributed by atoms with van der Waals surface area (Å²) in [5, 5.41) is 0. The summed E-state index contributed by atoms with van der Waals surface area (Å²) in [4.78, 5) is 1.12. The van der Waals surface area contributed by atoms with Gasteiger partial charge < -0.3 is 10.5 Å². The van der Waals surface area contributed by atoms with Crippen LogP contribution >= 0.6 is 22.9 Å². The molecule has 4 heteroatoms. The quantitative estimate of drug-likeness (QED) is 0.706. The Balaban J connectivity index is 1.85. The minimum Gasteiger partial charge on any atom is -0.371 e. The van der Waals surface area contributed by atoms with Gasteiger partial charge in [0.25, 0.3) is 0 Å². The maximum absolute atomic E-state index is 6.19. The normalized spacial score (nSPS) is 14.0. The summed E-state index contributed by atoms with van der Waals surface area (Å²) < 4.78 is 6.83. The first-order chi connectivity index (χ1) is 10.2. The van der Waals surface area contributed by atoms with Gasteiger partial charge in [-0.1, -0.05) is 48.9 Å². The zero-order valence-electron chi connectivity index (χ0n) is 12.3. The van der Waals surface area contributed by atoms with E-state index in [0.717, 1.165) is 28.5 Å². The number of thiophene rings is 1. The van der Waals surface area contributed by atoms with Gasteiger partial charge in [0, 0.05) is 17.5 Å². The van der Waals surface area contributed by atoms with Crippen LogP contribution in [0.3, 0.4) is 0 Å². The van der Waals surface area contributed by atoms with Gasteiger partial charge in [-0.05, 0) is 37.0 Å². The molecule has 0 amide bonds. The number of ether oxygens (including phenoxy) is 1. The summed E-state index contributed by atoms with van der Waals surface area (Å²) in [6.45, 7) is 2.79. The molecule has 2 rings (SSSR count). The van der Waals surface area contributed by atoms with Crippen LogP contribution in [0.15, 0.2) is 42.5 Å². The maximum atomic E-state index is 6.19. The van der Waals surface area contributed by atoms with Gasteiger partial charge in [0.05, 0.1) is 4.34 Å². The van der Waals surface area contributed by atoms with Crippen molar-refractivity contribution in [1.29, 1.82) is 0 Å². The average molecular weight is 324 g/mol. The summed E-state index contributed by atoms with van der Waals surface area (Å²) in [7, 11) is 0. The van der Waals surface area contributed by atoms with E-state index in [2.05, 4.69) is 31.2 Å². The lowest BCUT2D eigenvalue weighted by Crippen LogP contribution is -2.29. The minimum atomic E-state index is -0.0525. The van der Waals surface area contributed by atoms with E-state index in [1.54, 1.807) is 11.3 Å². The van der Waals surface area contributed by atoms with E-state index >= 15 is 0 Å². The van der Waals surface area contributed by atoms with Gasteiger partial charge in [-0.3, -0.25) is 0 Å². The molecule has 114 valence electrons. The summed E-state index contributed by atoms with van der Waals surface area (Å²) in [6.07, 6.45) is 2.86. The average Bonchev–Trinajstić information content (AvgIpc) is 2.94. The van der Waals surface area contributed by atoms with Crippen LogP contribution in [-0.2, 0) is 11.2 Å². The third-order valence-corrected chi connectivity index (χ3v) is 4.78. The Bertz CT molecular complexity index is 529. The number of nitrogens with two attached hydrogens (primary N) is 1. The van der Waals surface area contributed by atoms with E-state index in [9.17, 15) is 0 Å². The molecule has 0 radical (unpaired) electrons. The molecule has 2 N–H and O–H groups in total. The number of benzene rings is 1. The highest BCUT2D eigenvalue weighted by molar-refractivity contribution is 7.16. The first-order valence-electron chi connectivity index (χ1n) is 7.37. The molecule has 0 bridgehead atoms. The smallest absolute Gasteiger partial charge is 0.107 e. The Labute approximate surface area is 135 Å². The van der Waals surface area contributed by atoms with Crippen LogP contribution in [0.5, 0.6) is 0 Å². The van der Waals surface area contributed by atoms with Gasteiger partial charge in [-0.25, -0.2) is 0 Å². The number of halogens is 1. The van der Waals surface area contributed by atoms with Crippen molar-refractivity contribution in [1.82, 2.24) is 0 Å². The highest BCUT2D eigenvalue weighted by Gasteiger charge is 2.20. The van der Waals surface area contributed by atoms with Crippen LogP contribution in [0.2, 0.25) is 4.34 Å². The highest BCUT2D eigenvalue weighted by atomic mass is 35.5. The van der Waals surface area contributed by atoms with Crippen molar-refractivity contribution in [3.05, 3.63) is 57.2 Å². The molecule has 0 fully saturated rings. The monoisotopic (exact) mass is 323 g/mol. The molecule has 1 heterocycles. The van der Waals surface area contributed by atoms with Crippen molar-refractivity contribution in [2.75, 3.05) is 6.61 Å². The largest absolute Gasteiger partial charge is 0.371 e. The van der Waals surface area contributed by atoms with Crippen LogP contribution in [0, 0.1) is 0 Å². The lowest BCUT2D eigenvalue weighted by Gasteiger charge is -2.22. The molecule has 0 spiro atoms. The van der Waals surface area contributed by atoms with Gasteiger partial charge in [0.1, 0.15) is 6.10 Å². The molecular weight excluding hydrogens is 302 g/mol. The molecule has 0 aliphatic heterocycles. The molecule has 0 aliphatic carbocycles. The fraction of sp³-hybridized carbons (Fsp3) is 0.412. The van der Waals surface area contributed by atoms with Gasteiger partial charge >= 0.3 is 0 Å². The summed E-state index contributed by atoms with van der Waals surface area (Å²) >= 11 is 7.57. The fourth-order valence-corrected chi connectivity index (χ4v) is 3.43. The molecule has 1 aromatic carbocycles. The maximum Gasteiger partial charge on any atom is 0.107 e. The Morgan fingerprint density at radius 1 is 1.19 bits per heavy atom. The molecule has 0 aliphatic rings. The molecule has 2 aromatic rings. The van der Waals surface area contributed by atoms with Crippen LogP contribution in [0.4, 0.5) is 0 Å². The van der Waals surface area contributed by atoms with Gasteiger partial charge in [-0.15, -0.1) is 11.3 Å². The summed E-state index contributed by atoms with van der Waals surface area (Å²) in [5.74, 6) is 0. The zero-order chi connectivity index (χ0) is 15.1. The van der Waals surface area contributed by atoms with Crippen LogP contribution < -0.4 is 5.73 Å². The van der Waals surface area contributed by atoms with Crippen molar-refractivity contribution >= 4 is 22.9 Å². The molecule has 2 nitrogen and oxygen atoms in total. The van der Waals surface area contributed by atoms with E-state index < -0.39 is 0 Å². The predicted molar refractivity (Wildman–Crippen MR) is 91.1 cm³/mol. The molecule has 0 saturated carbocycles. The van der Waals surface area contributed by atoms with Gasteiger partial charge in [0.15, 0.2) is 0 Å². The van der Waals surface area contributed by atoms with E-state index in [1.807, 2.05) is 18.2 Å². The predicted octanol–water partition coefficient (Wildman–Crippen LogP) is 4.83. The molecule has 0 saturated heterocycles. The Morgan fingerprint density at radius 2 is 1.95 bits per heavy atom. The van der Waals surface area contributed by atoms with Crippen molar-refractivity contribution in [2.24, 2.45) is 5.73 Å². The van der Waals surface area contributed by atoms with Crippen molar-refractivity contribution in [3.63, 3.8) is 0 Å². The molecular formula is C17H22ClNOS. The Hall–Kier alpha value is -0.870. The SMILES string of the molecule is CCC(N)C(OCCCc1ccccc1)c1ccc(Cl)s1. The van der Waals surface area contributed by atoms with E-state index in [4.69, 9.17) is 22.1 Å². The van der Waals surface area contributed by atoms with Crippen molar-refractivity contribution in [2.45, 2.75) is 38.3 Å². The third-order valence-electron chi connectivity index (χ3n) is 3.48. The van der Waals surface area contributed by atoms with Gasteiger partial charge in [-0.2, -0.15) is 0 Å². The number of hydrogen-bond acceptors (Lipinski definition) is 3. The number of aryl methyl sites for hydroxylation is 1. The van der Waals surface area contributed by atoms with Crippen LogP contribution in [0.25, 0.3) is 0 Å². The number of hydrogen-bond donors (Lipinski definition) is 1. The topological polar surface area (TPSA) is 35.2 Å². The van der Waals surface area contributed by atoms with E-state index in [1.165, 1.54) is 5.56 Å². The summed E-state index contributed by atoms with van der Waals surface area (Å²) in [5.41, 5.74) is 7.53. The van der Waals surface area contributed by atoms with E-state index in [0.29, 0.717) is 6.61 Å². The second kappa shape index (κ2) is 8.54. The minimum absolute atomic E-state index is 0.0106. The number of rotatable bonds is 8. The van der Waals surface area contributed by atoms with Crippen molar-refractivity contribution < 1.29 is 4.74 Å². The second-order valence-electron chi connectivity index (χ2n) is 5.09. The molecule has 1 aromatic heterocycles. The standard InChI is InChI=1S/C17H22ClNOS/c1-2-14(19)17(15-10-11-16(18)21-15)20-12-6-9-13-7-4-3-5-8-13/h3-5,7-8,10-11,14,17H,2,6,9,12,19H2,1H3. The van der Waals surface area contributed by atoms with Crippen LogP contribution in [-0.4, -0.2) is 12.6 Å². The summed E-state index contributed by atoms with van der Waals surface area (Å²) in [6, 6.07) is 14.4. The lowest BCUT2D eigenvalue weighted by atomic mass is 10.1. The molecule has 2 atom stereocenters. The first kappa shape index (κ1) is 16.5. The van der Waals surface area contributed by atoms with E-state index in [-0.39, 0.29) is 12.1 Å². The first-order valence-corrected chi connectivity index (χ1v) is 8.56. The lowest BCUT2D eigenvalue weighted by molar-refractivity contribution is 0.0346. The molecule has 2 unspecified atom stereocenters. The second-order valence-corrected chi connectivity index (χ2v) is 6.84. The highest BCUT2D eigenvalue weighted by Crippen LogP contribution is 2.31. The van der Waals surface area contributed by atoms with Gasteiger partial charge in [0.2, 0.25) is 0 Å². The van der Waals surface area contributed by atoms with Crippen LogP contribution in [0.1, 0.15) is 36.3 Å². The van der Waals surface area contributed by atoms with Crippen molar-refractivity contribution in [3.8, 4) is 0 Å². The molecule has 21 heavy (non-hydrogen) atoms. The Morgan fingerprint density at radius 3 is 2.57 bits per heavy atom. The fourth-order valence-electron chi connectivity index (χ4n) is 2.24.